The van der Waals surface area contributed by atoms with Gasteiger partial charge in [0.25, 0.3) is 0 Å². The van der Waals surface area contributed by atoms with Crippen molar-refractivity contribution in [1.82, 2.24) is 0 Å². The summed E-state index contributed by atoms with van der Waals surface area (Å²) in [5.41, 5.74) is 11.3. The smallest absolute Gasteiger partial charge is 0.120 e. The summed E-state index contributed by atoms with van der Waals surface area (Å²) < 4.78 is 5.86. The summed E-state index contributed by atoms with van der Waals surface area (Å²) in [5, 5.41) is 0. The largest absolute Gasteiger partial charge is 0.490 e. The van der Waals surface area contributed by atoms with Crippen molar-refractivity contribution in [2.24, 2.45) is 5.73 Å². The second-order valence-electron chi connectivity index (χ2n) is 5.67. The van der Waals surface area contributed by atoms with E-state index in [1.165, 1.54) is 29.5 Å². The fourth-order valence-electron chi connectivity index (χ4n) is 2.64. The molecule has 0 bridgehead atoms. The van der Waals surface area contributed by atoms with Crippen LogP contribution in [0.15, 0.2) is 42.5 Å². The monoisotopic (exact) mass is 267 g/mol. The average molecular weight is 267 g/mol. The molecular formula is C18H21NO. The number of hydrogen-bond acceptors (Lipinski definition) is 2. The minimum absolute atomic E-state index is 0.0982. The molecule has 1 aliphatic rings. The molecule has 20 heavy (non-hydrogen) atoms. The molecule has 3 rings (SSSR count). The maximum absolute atomic E-state index is 6.48. The normalized spacial score (nSPS) is 15.9. The zero-order chi connectivity index (χ0) is 14.1. The number of hydrogen-bond donors (Lipinski definition) is 1. The van der Waals surface area contributed by atoms with Gasteiger partial charge in [0.05, 0.1) is 12.1 Å². The third-order valence-electron chi connectivity index (χ3n) is 3.90. The Balaban J connectivity index is 1.91. The molecule has 2 heteroatoms. The van der Waals surface area contributed by atoms with Crippen molar-refractivity contribution in [3.8, 4) is 5.75 Å². The van der Waals surface area contributed by atoms with Gasteiger partial charge < -0.3 is 10.5 Å². The minimum Gasteiger partial charge on any atom is -0.490 e. The van der Waals surface area contributed by atoms with Crippen molar-refractivity contribution in [1.29, 1.82) is 0 Å². The summed E-state index contributed by atoms with van der Waals surface area (Å²) in [5.74, 6) is 0.937. The molecule has 0 spiro atoms. The summed E-state index contributed by atoms with van der Waals surface area (Å²) in [6.45, 7) is 4.24. The van der Waals surface area contributed by atoms with Crippen molar-refractivity contribution in [3.63, 3.8) is 0 Å². The lowest BCUT2D eigenvalue weighted by atomic mass is 9.92. The number of rotatable bonds is 4. The predicted octanol–water partition coefficient (Wildman–Crippen LogP) is 3.89. The van der Waals surface area contributed by atoms with E-state index in [2.05, 4.69) is 44.2 Å². The van der Waals surface area contributed by atoms with Crippen LogP contribution >= 0.6 is 0 Å². The number of aryl methyl sites for hydroxylation is 2. The molecule has 2 N–H and O–H groups in total. The maximum Gasteiger partial charge on any atom is 0.120 e. The van der Waals surface area contributed by atoms with Crippen LogP contribution in [0.4, 0.5) is 0 Å². The van der Waals surface area contributed by atoms with Crippen molar-refractivity contribution >= 4 is 0 Å². The molecule has 1 saturated carbocycles. The van der Waals surface area contributed by atoms with E-state index in [-0.39, 0.29) is 6.04 Å². The van der Waals surface area contributed by atoms with E-state index in [0.29, 0.717) is 6.10 Å². The highest BCUT2D eigenvalue weighted by atomic mass is 16.5. The van der Waals surface area contributed by atoms with Crippen molar-refractivity contribution in [2.45, 2.75) is 38.8 Å². The van der Waals surface area contributed by atoms with Crippen molar-refractivity contribution in [2.75, 3.05) is 0 Å². The third kappa shape index (κ3) is 2.70. The van der Waals surface area contributed by atoms with E-state index in [0.717, 1.165) is 11.3 Å². The molecule has 2 aromatic rings. The molecule has 0 aliphatic heterocycles. The van der Waals surface area contributed by atoms with Crippen LogP contribution in [-0.2, 0) is 0 Å². The van der Waals surface area contributed by atoms with Gasteiger partial charge in [-0.3, -0.25) is 0 Å². The highest BCUT2D eigenvalue weighted by molar-refractivity contribution is 5.43. The molecule has 2 nitrogen and oxygen atoms in total. The second-order valence-corrected chi connectivity index (χ2v) is 5.67. The maximum atomic E-state index is 6.48. The van der Waals surface area contributed by atoms with Crippen LogP contribution in [0.2, 0.25) is 0 Å². The van der Waals surface area contributed by atoms with Gasteiger partial charge in [-0.05, 0) is 61.1 Å². The predicted molar refractivity (Wildman–Crippen MR) is 82.0 cm³/mol. The van der Waals surface area contributed by atoms with E-state index >= 15 is 0 Å². The SMILES string of the molecule is Cc1cccc(C)c1C(N)c1cccc(OC2CC2)c1. The Hall–Kier alpha value is -1.80. The molecular weight excluding hydrogens is 246 g/mol. The van der Waals surface area contributed by atoms with Gasteiger partial charge in [0.1, 0.15) is 5.75 Å². The Morgan fingerprint density at radius 2 is 1.70 bits per heavy atom. The molecule has 1 unspecified atom stereocenters. The number of ether oxygens (including phenoxy) is 1. The highest BCUT2D eigenvalue weighted by Crippen LogP contribution is 2.30. The van der Waals surface area contributed by atoms with Crippen LogP contribution in [0.3, 0.4) is 0 Å². The molecule has 0 radical (unpaired) electrons. The molecule has 0 amide bonds. The summed E-state index contributed by atoms with van der Waals surface area (Å²) >= 11 is 0. The summed E-state index contributed by atoms with van der Waals surface area (Å²) in [7, 11) is 0. The quantitative estimate of drug-likeness (QED) is 0.912. The van der Waals surface area contributed by atoms with Crippen LogP contribution in [0.1, 0.15) is 41.1 Å². The van der Waals surface area contributed by atoms with E-state index in [1.807, 2.05) is 12.1 Å². The van der Waals surface area contributed by atoms with Gasteiger partial charge >= 0.3 is 0 Å². The van der Waals surface area contributed by atoms with Crippen LogP contribution in [0, 0.1) is 13.8 Å². The van der Waals surface area contributed by atoms with E-state index < -0.39 is 0 Å². The topological polar surface area (TPSA) is 35.2 Å². The fraction of sp³-hybridized carbons (Fsp3) is 0.333. The Kier molecular flexibility index (Phi) is 3.49. The van der Waals surface area contributed by atoms with E-state index in [1.54, 1.807) is 0 Å². The van der Waals surface area contributed by atoms with Gasteiger partial charge in [0.15, 0.2) is 0 Å². The van der Waals surface area contributed by atoms with Crippen LogP contribution < -0.4 is 10.5 Å². The molecule has 2 aromatic carbocycles. The first-order valence-electron chi connectivity index (χ1n) is 7.23. The third-order valence-corrected chi connectivity index (χ3v) is 3.90. The van der Waals surface area contributed by atoms with Crippen LogP contribution in [0.25, 0.3) is 0 Å². The lowest BCUT2D eigenvalue weighted by Crippen LogP contribution is -2.15. The highest BCUT2D eigenvalue weighted by Gasteiger charge is 2.23. The second kappa shape index (κ2) is 5.29. The Morgan fingerprint density at radius 3 is 2.35 bits per heavy atom. The molecule has 1 fully saturated rings. The Bertz CT molecular complexity index is 596. The summed E-state index contributed by atoms with van der Waals surface area (Å²) in [6.07, 6.45) is 2.77. The van der Waals surface area contributed by atoms with Gasteiger partial charge in [-0.15, -0.1) is 0 Å². The van der Waals surface area contributed by atoms with Crippen molar-refractivity contribution < 1.29 is 4.74 Å². The van der Waals surface area contributed by atoms with E-state index in [4.69, 9.17) is 10.5 Å². The molecule has 104 valence electrons. The standard InChI is InChI=1S/C18H21NO/c1-12-5-3-6-13(2)17(12)18(19)14-7-4-8-16(11-14)20-15-9-10-15/h3-8,11,15,18H,9-10,19H2,1-2H3. The molecule has 1 atom stereocenters. The molecule has 0 saturated heterocycles. The Morgan fingerprint density at radius 1 is 1.05 bits per heavy atom. The molecule has 0 heterocycles. The number of benzene rings is 2. The zero-order valence-corrected chi connectivity index (χ0v) is 12.1. The van der Waals surface area contributed by atoms with Crippen LogP contribution in [-0.4, -0.2) is 6.10 Å². The minimum atomic E-state index is -0.0982. The van der Waals surface area contributed by atoms with Gasteiger partial charge in [-0.1, -0.05) is 30.3 Å². The van der Waals surface area contributed by atoms with E-state index in [9.17, 15) is 0 Å². The first-order chi connectivity index (χ1) is 9.65. The van der Waals surface area contributed by atoms with Gasteiger partial charge in [-0.2, -0.15) is 0 Å². The van der Waals surface area contributed by atoms with Crippen LogP contribution in [0.5, 0.6) is 5.75 Å². The molecule has 1 aliphatic carbocycles. The summed E-state index contributed by atoms with van der Waals surface area (Å²) in [6, 6.07) is 14.4. The lowest BCUT2D eigenvalue weighted by Gasteiger charge is -2.18. The first kappa shape index (κ1) is 13.2. The molecule has 0 aromatic heterocycles. The van der Waals surface area contributed by atoms with Crippen molar-refractivity contribution in [3.05, 3.63) is 64.7 Å². The fourth-order valence-corrected chi connectivity index (χ4v) is 2.64. The van der Waals surface area contributed by atoms with Gasteiger partial charge in [-0.25, -0.2) is 0 Å². The lowest BCUT2D eigenvalue weighted by molar-refractivity contribution is 0.303. The zero-order valence-electron chi connectivity index (χ0n) is 12.1. The van der Waals surface area contributed by atoms with Gasteiger partial charge in [0, 0.05) is 0 Å². The summed E-state index contributed by atoms with van der Waals surface area (Å²) in [4.78, 5) is 0. The first-order valence-corrected chi connectivity index (χ1v) is 7.23. The van der Waals surface area contributed by atoms with Gasteiger partial charge in [0.2, 0.25) is 0 Å². The number of nitrogens with two attached hydrogens (primary N) is 1. The average Bonchev–Trinajstić information content (AvgIpc) is 3.22. The Labute approximate surface area is 120 Å².